The summed E-state index contributed by atoms with van der Waals surface area (Å²) in [6.45, 7) is 1.16. The monoisotopic (exact) mass is 443 g/mol. The Hall–Kier alpha value is -3.24. The second kappa shape index (κ2) is 8.48. The summed E-state index contributed by atoms with van der Waals surface area (Å²) >= 11 is 6.27. The van der Waals surface area contributed by atoms with Crippen LogP contribution in [0, 0.1) is 11.3 Å². The van der Waals surface area contributed by atoms with E-state index in [2.05, 4.69) is 11.1 Å². The zero-order valence-electron chi connectivity index (χ0n) is 16.2. The number of ether oxygens (including phenoxy) is 1. The minimum absolute atomic E-state index is 0.148. The van der Waals surface area contributed by atoms with Crippen LogP contribution < -0.4 is 9.64 Å². The number of halogens is 4. The van der Waals surface area contributed by atoms with Gasteiger partial charge in [-0.1, -0.05) is 35.9 Å². The third-order valence-electron chi connectivity index (χ3n) is 5.14. The highest BCUT2D eigenvalue weighted by atomic mass is 35.5. The summed E-state index contributed by atoms with van der Waals surface area (Å²) in [6.07, 6.45) is -3.23. The summed E-state index contributed by atoms with van der Waals surface area (Å²) in [5.74, 6) is 0.148. The van der Waals surface area contributed by atoms with E-state index in [1.165, 1.54) is 6.07 Å². The molecule has 4 nitrogen and oxygen atoms in total. The topological polar surface area (TPSA) is 49.2 Å². The molecule has 1 fully saturated rings. The molecule has 8 heteroatoms. The first-order valence-electron chi connectivity index (χ1n) is 9.59. The van der Waals surface area contributed by atoms with Crippen LogP contribution >= 0.6 is 11.6 Å². The molecule has 0 unspecified atom stereocenters. The van der Waals surface area contributed by atoms with Crippen molar-refractivity contribution in [2.75, 3.05) is 18.0 Å². The van der Waals surface area contributed by atoms with Crippen LogP contribution in [-0.2, 0) is 6.18 Å². The molecular weight excluding hydrogens is 427 g/mol. The summed E-state index contributed by atoms with van der Waals surface area (Å²) in [6, 6.07) is 17.5. The highest BCUT2D eigenvalue weighted by Gasteiger charge is 2.31. The molecule has 3 aromatic rings. The molecule has 0 aliphatic carbocycles. The molecule has 0 spiro atoms. The Kier molecular flexibility index (Phi) is 5.75. The highest BCUT2D eigenvalue weighted by Crippen LogP contribution is 2.33. The lowest BCUT2D eigenvalue weighted by atomic mass is 10.0. The van der Waals surface area contributed by atoms with E-state index in [-0.39, 0.29) is 12.0 Å². The van der Waals surface area contributed by atoms with Gasteiger partial charge in [0.1, 0.15) is 12.2 Å². The van der Waals surface area contributed by atoms with Crippen molar-refractivity contribution in [3.63, 3.8) is 0 Å². The van der Waals surface area contributed by atoms with Gasteiger partial charge in [-0.15, -0.1) is 0 Å². The van der Waals surface area contributed by atoms with Gasteiger partial charge in [-0.05, 0) is 29.8 Å². The molecule has 1 aliphatic heterocycles. The van der Waals surface area contributed by atoms with Crippen LogP contribution in [0.5, 0.6) is 5.88 Å². The smallest absolute Gasteiger partial charge is 0.417 e. The van der Waals surface area contributed by atoms with E-state index in [1.807, 2.05) is 41.3 Å². The van der Waals surface area contributed by atoms with E-state index in [9.17, 15) is 18.4 Å². The van der Waals surface area contributed by atoms with E-state index in [4.69, 9.17) is 16.3 Å². The van der Waals surface area contributed by atoms with E-state index in [0.29, 0.717) is 30.1 Å². The van der Waals surface area contributed by atoms with E-state index in [0.717, 1.165) is 29.1 Å². The van der Waals surface area contributed by atoms with Crippen LogP contribution in [0.4, 0.5) is 18.9 Å². The van der Waals surface area contributed by atoms with Gasteiger partial charge in [-0.25, -0.2) is 4.98 Å². The van der Waals surface area contributed by atoms with E-state index in [1.54, 1.807) is 6.07 Å². The fourth-order valence-electron chi connectivity index (χ4n) is 3.60. The lowest BCUT2D eigenvalue weighted by Gasteiger charge is -2.21. The Morgan fingerprint density at radius 2 is 1.94 bits per heavy atom. The van der Waals surface area contributed by atoms with Gasteiger partial charge in [0.15, 0.2) is 0 Å². The second-order valence-electron chi connectivity index (χ2n) is 7.18. The molecule has 0 radical (unpaired) electrons. The lowest BCUT2D eigenvalue weighted by Crippen LogP contribution is -2.25. The zero-order chi connectivity index (χ0) is 22.0. The van der Waals surface area contributed by atoms with Gasteiger partial charge in [0.25, 0.3) is 0 Å². The summed E-state index contributed by atoms with van der Waals surface area (Å²) in [7, 11) is 0. The Morgan fingerprint density at radius 3 is 2.61 bits per heavy atom. The average Bonchev–Trinajstić information content (AvgIpc) is 3.21. The molecule has 2 aromatic carbocycles. The zero-order valence-corrected chi connectivity index (χ0v) is 17.0. The van der Waals surface area contributed by atoms with Crippen molar-refractivity contribution in [1.82, 2.24) is 4.98 Å². The number of hydrogen-bond acceptors (Lipinski definition) is 4. The maximum Gasteiger partial charge on any atom is 0.417 e. The third kappa shape index (κ3) is 4.59. The van der Waals surface area contributed by atoms with Crippen LogP contribution in [0.15, 0.2) is 60.8 Å². The summed E-state index contributed by atoms with van der Waals surface area (Å²) in [5, 5.41) is 10.3. The maximum absolute atomic E-state index is 12.7. The predicted molar refractivity (Wildman–Crippen MR) is 112 cm³/mol. The Bertz CT molecular complexity index is 1130. The number of aromatic nitrogens is 1. The van der Waals surface area contributed by atoms with Crippen LogP contribution in [-0.4, -0.2) is 24.2 Å². The highest BCUT2D eigenvalue weighted by molar-refractivity contribution is 6.33. The average molecular weight is 444 g/mol. The first-order valence-corrected chi connectivity index (χ1v) is 9.97. The van der Waals surface area contributed by atoms with Gasteiger partial charge < -0.3 is 9.64 Å². The van der Waals surface area contributed by atoms with Crippen molar-refractivity contribution < 1.29 is 17.9 Å². The standard InChI is InChI=1S/C23H17ClF3N3O/c24-20-4-2-1-3-19(20)15-5-7-21(16(11-15)12-28)30-10-9-18(14-30)31-22-8-6-17(13-29-22)23(25,26)27/h1-8,11,13,18H,9-10,14H2/t18-/m0/s1. The lowest BCUT2D eigenvalue weighted by molar-refractivity contribution is -0.137. The largest absolute Gasteiger partial charge is 0.472 e. The Morgan fingerprint density at radius 1 is 1.13 bits per heavy atom. The summed E-state index contributed by atoms with van der Waals surface area (Å²) in [4.78, 5) is 5.80. The number of nitriles is 1. The van der Waals surface area contributed by atoms with Gasteiger partial charge >= 0.3 is 6.18 Å². The molecule has 158 valence electrons. The van der Waals surface area contributed by atoms with E-state index < -0.39 is 11.7 Å². The number of nitrogens with zero attached hydrogens (tertiary/aromatic N) is 3. The van der Waals surface area contributed by atoms with Crippen LogP contribution in [0.25, 0.3) is 11.1 Å². The van der Waals surface area contributed by atoms with Crippen LogP contribution in [0.3, 0.4) is 0 Å². The Labute approximate surface area is 182 Å². The molecule has 0 saturated carbocycles. The van der Waals surface area contributed by atoms with Crippen molar-refractivity contribution in [3.8, 4) is 23.1 Å². The van der Waals surface area contributed by atoms with Crippen LogP contribution in [0.2, 0.25) is 5.02 Å². The molecule has 1 atom stereocenters. The number of pyridine rings is 1. The molecule has 2 heterocycles. The van der Waals surface area contributed by atoms with Crippen molar-refractivity contribution in [2.24, 2.45) is 0 Å². The molecular formula is C23H17ClF3N3O. The molecule has 1 aromatic heterocycles. The minimum Gasteiger partial charge on any atom is -0.472 e. The first-order chi connectivity index (χ1) is 14.8. The molecule has 4 rings (SSSR count). The van der Waals surface area contributed by atoms with Crippen molar-refractivity contribution in [2.45, 2.75) is 18.7 Å². The SMILES string of the molecule is N#Cc1cc(-c2ccccc2Cl)ccc1N1CC[C@H](Oc2ccc(C(F)(F)F)cn2)C1. The van der Waals surface area contributed by atoms with Crippen molar-refractivity contribution in [3.05, 3.63) is 76.9 Å². The molecule has 0 bridgehead atoms. The van der Waals surface area contributed by atoms with Gasteiger partial charge in [0.05, 0.1) is 23.4 Å². The predicted octanol–water partition coefficient (Wildman–Crippen LogP) is 5.95. The molecule has 0 amide bonds. The van der Waals surface area contributed by atoms with Crippen LogP contribution in [0.1, 0.15) is 17.5 Å². The molecule has 1 aliphatic rings. The minimum atomic E-state index is -4.43. The number of rotatable bonds is 4. The second-order valence-corrected chi connectivity index (χ2v) is 7.59. The summed E-state index contributed by atoms with van der Waals surface area (Å²) < 4.78 is 43.8. The first kappa shape index (κ1) is 21.0. The molecule has 31 heavy (non-hydrogen) atoms. The van der Waals surface area contributed by atoms with Crippen molar-refractivity contribution in [1.29, 1.82) is 5.26 Å². The molecule has 0 N–H and O–H groups in total. The number of hydrogen-bond donors (Lipinski definition) is 0. The van der Waals surface area contributed by atoms with Gasteiger partial charge in [0, 0.05) is 35.8 Å². The molecule has 1 saturated heterocycles. The van der Waals surface area contributed by atoms with Gasteiger partial charge in [0.2, 0.25) is 5.88 Å². The van der Waals surface area contributed by atoms with Gasteiger partial charge in [-0.2, -0.15) is 18.4 Å². The fourth-order valence-corrected chi connectivity index (χ4v) is 3.84. The van der Waals surface area contributed by atoms with E-state index >= 15 is 0 Å². The Balaban J connectivity index is 1.48. The number of alkyl halides is 3. The number of benzene rings is 2. The quantitative estimate of drug-likeness (QED) is 0.500. The van der Waals surface area contributed by atoms with Gasteiger partial charge in [-0.3, -0.25) is 0 Å². The number of anilines is 1. The normalized spacial score (nSPS) is 16.2. The maximum atomic E-state index is 12.7. The van der Waals surface area contributed by atoms with Crippen molar-refractivity contribution >= 4 is 17.3 Å². The fraction of sp³-hybridized carbons (Fsp3) is 0.217. The third-order valence-corrected chi connectivity index (χ3v) is 5.47. The summed E-state index contributed by atoms with van der Waals surface area (Å²) in [5.41, 5.74) is 2.19.